The van der Waals surface area contributed by atoms with E-state index in [1.54, 1.807) is 0 Å². The zero-order chi connectivity index (χ0) is 20.7. The molecule has 0 aromatic carbocycles. The van der Waals surface area contributed by atoms with Crippen LogP contribution in [0.5, 0.6) is 0 Å². The van der Waals surface area contributed by atoms with Gasteiger partial charge in [0.15, 0.2) is 0 Å². The first-order chi connectivity index (χ1) is 13.7. The molecule has 0 heterocycles. The third kappa shape index (κ3) is 21.4. The van der Waals surface area contributed by atoms with E-state index in [0.29, 0.717) is 71.7 Å². The van der Waals surface area contributed by atoms with Crippen LogP contribution < -0.4 is 16.0 Å². The van der Waals surface area contributed by atoms with E-state index in [1.165, 1.54) is 0 Å². The maximum absolute atomic E-state index is 11.5. The van der Waals surface area contributed by atoms with E-state index >= 15 is 0 Å². The number of nitrogens with one attached hydrogen (secondary N) is 3. The van der Waals surface area contributed by atoms with Gasteiger partial charge in [-0.15, -0.1) is 0 Å². The average Bonchev–Trinajstić information content (AvgIpc) is 2.69. The van der Waals surface area contributed by atoms with Crippen LogP contribution in [0, 0.1) is 0 Å². The van der Waals surface area contributed by atoms with Gasteiger partial charge in [0.2, 0.25) is 11.8 Å². The third-order valence-electron chi connectivity index (χ3n) is 3.08. The van der Waals surface area contributed by atoms with E-state index in [9.17, 15) is 9.59 Å². The van der Waals surface area contributed by atoms with Gasteiger partial charge in [-0.3, -0.25) is 9.59 Å². The number of hydrogen-bond donors (Lipinski definition) is 4. The van der Waals surface area contributed by atoms with Crippen LogP contribution in [0.15, 0.2) is 0 Å². The average molecular weight is 426 g/mol. The van der Waals surface area contributed by atoms with Gasteiger partial charge in [-0.2, -0.15) is 12.6 Å². The van der Waals surface area contributed by atoms with Gasteiger partial charge in [0.1, 0.15) is 13.2 Å². The maximum atomic E-state index is 11.5. The predicted molar refractivity (Wildman–Crippen MR) is 108 cm³/mol. The highest BCUT2D eigenvalue weighted by atomic mass is 32.1. The summed E-state index contributed by atoms with van der Waals surface area (Å²) in [5.41, 5.74) is 0. The molecule has 28 heavy (non-hydrogen) atoms. The molecule has 0 rings (SSSR count). The van der Waals surface area contributed by atoms with Crippen LogP contribution in [0.4, 0.5) is 0 Å². The molecular formula is C17H35N3O7S. The summed E-state index contributed by atoms with van der Waals surface area (Å²) in [4.78, 5) is 22.8. The summed E-state index contributed by atoms with van der Waals surface area (Å²) in [6.07, 6.45) is 0. The standard InChI is InChI=1S/C17H35N3O7S/c1-18-2-5-23-7-8-24-6-3-19-16(21)14-26-11-9-25-10-12-27-15-17(22)20-4-13-28/h18,28H,2-15H2,1H3,(H,19,21)(H,20,22). The molecule has 0 spiro atoms. The molecule has 0 aromatic rings. The number of ether oxygens (including phenoxy) is 5. The van der Waals surface area contributed by atoms with E-state index < -0.39 is 0 Å². The maximum Gasteiger partial charge on any atom is 0.246 e. The van der Waals surface area contributed by atoms with Crippen molar-refractivity contribution in [3.63, 3.8) is 0 Å². The second-order valence-corrected chi connectivity index (χ2v) is 5.92. The Labute approximate surface area is 172 Å². The van der Waals surface area contributed by atoms with Gasteiger partial charge < -0.3 is 39.6 Å². The molecule has 0 atom stereocenters. The minimum absolute atomic E-state index is 0.000878. The normalized spacial score (nSPS) is 10.8. The van der Waals surface area contributed by atoms with Crippen molar-refractivity contribution >= 4 is 24.4 Å². The fourth-order valence-electron chi connectivity index (χ4n) is 1.72. The number of hydrogen-bond acceptors (Lipinski definition) is 9. The lowest BCUT2D eigenvalue weighted by Crippen LogP contribution is -2.31. The highest BCUT2D eigenvalue weighted by Gasteiger charge is 2.01. The third-order valence-corrected chi connectivity index (χ3v) is 3.30. The molecule has 0 saturated heterocycles. The molecule has 3 N–H and O–H groups in total. The molecule has 10 nitrogen and oxygen atoms in total. The van der Waals surface area contributed by atoms with Crippen molar-refractivity contribution in [2.24, 2.45) is 0 Å². The Balaban J connectivity index is 3.22. The van der Waals surface area contributed by atoms with Crippen LogP contribution in [0.2, 0.25) is 0 Å². The molecule has 0 radical (unpaired) electrons. The molecule has 166 valence electrons. The molecule has 0 saturated carbocycles. The summed E-state index contributed by atoms with van der Waals surface area (Å²) < 4.78 is 26.2. The number of carbonyl (C=O) groups excluding carboxylic acids is 2. The minimum Gasteiger partial charge on any atom is -0.378 e. The Hall–Kier alpha value is -0.950. The highest BCUT2D eigenvalue weighted by Crippen LogP contribution is 1.83. The molecular weight excluding hydrogens is 390 g/mol. The number of amides is 2. The zero-order valence-electron chi connectivity index (χ0n) is 16.7. The summed E-state index contributed by atoms with van der Waals surface area (Å²) in [5.74, 6) is 0.212. The second-order valence-electron chi connectivity index (χ2n) is 5.47. The van der Waals surface area contributed by atoms with Crippen molar-refractivity contribution in [2.45, 2.75) is 0 Å². The number of carbonyl (C=O) groups is 2. The van der Waals surface area contributed by atoms with Gasteiger partial charge in [0, 0.05) is 25.4 Å². The van der Waals surface area contributed by atoms with Crippen LogP contribution in [0.25, 0.3) is 0 Å². The predicted octanol–water partition coefficient (Wildman–Crippen LogP) is -1.55. The Morgan fingerprint density at radius 1 is 0.643 bits per heavy atom. The van der Waals surface area contributed by atoms with E-state index in [0.717, 1.165) is 6.54 Å². The number of thiol groups is 1. The first-order valence-electron chi connectivity index (χ1n) is 9.38. The van der Waals surface area contributed by atoms with E-state index in [1.807, 2.05) is 7.05 Å². The molecule has 0 aromatic heterocycles. The van der Waals surface area contributed by atoms with Crippen molar-refractivity contribution in [3.05, 3.63) is 0 Å². The lowest BCUT2D eigenvalue weighted by atomic mass is 10.6. The highest BCUT2D eigenvalue weighted by molar-refractivity contribution is 7.80. The molecule has 11 heteroatoms. The van der Waals surface area contributed by atoms with Crippen molar-refractivity contribution in [1.82, 2.24) is 16.0 Å². The molecule has 0 aliphatic carbocycles. The van der Waals surface area contributed by atoms with Crippen LogP contribution in [-0.2, 0) is 33.3 Å². The molecule has 0 fully saturated rings. The number of likely N-dealkylation sites (N-methyl/N-ethyl adjacent to an activating group) is 1. The minimum atomic E-state index is -0.204. The Morgan fingerprint density at radius 2 is 1.07 bits per heavy atom. The van der Waals surface area contributed by atoms with Crippen molar-refractivity contribution in [2.75, 3.05) is 98.5 Å². The van der Waals surface area contributed by atoms with Gasteiger partial charge in [0.05, 0.1) is 52.9 Å². The SMILES string of the molecule is CNCCOCCOCCNC(=O)COCCOCCOCC(=O)NCCS. The quantitative estimate of drug-likeness (QED) is 0.129. The Morgan fingerprint density at radius 3 is 1.57 bits per heavy atom. The molecule has 0 unspecified atom stereocenters. The summed E-state index contributed by atoms with van der Waals surface area (Å²) in [5, 5.41) is 8.32. The Kier molecular flexibility index (Phi) is 21.6. The second kappa shape index (κ2) is 22.3. The topological polar surface area (TPSA) is 116 Å². The zero-order valence-corrected chi connectivity index (χ0v) is 17.6. The lowest BCUT2D eigenvalue weighted by Gasteiger charge is -2.08. The first-order valence-corrected chi connectivity index (χ1v) is 10.0. The van der Waals surface area contributed by atoms with E-state index in [2.05, 4.69) is 28.6 Å². The van der Waals surface area contributed by atoms with Crippen molar-refractivity contribution < 1.29 is 33.3 Å². The van der Waals surface area contributed by atoms with Crippen molar-refractivity contribution in [3.8, 4) is 0 Å². The monoisotopic (exact) mass is 425 g/mol. The van der Waals surface area contributed by atoms with Gasteiger partial charge in [-0.25, -0.2) is 0 Å². The van der Waals surface area contributed by atoms with Gasteiger partial charge in [-0.1, -0.05) is 0 Å². The molecule has 0 aliphatic heterocycles. The summed E-state index contributed by atoms with van der Waals surface area (Å²) in [6.45, 7) is 5.15. The van der Waals surface area contributed by atoms with E-state index in [-0.39, 0.29) is 25.0 Å². The van der Waals surface area contributed by atoms with Crippen LogP contribution in [0.1, 0.15) is 0 Å². The van der Waals surface area contributed by atoms with Crippen LogP contribution in [-0.4, -0.2) is 110 Å². The lowest BCUT2D eigenvalue weighted by molar-refractivity contribution is -0.126. The fourth-order valence-corrected chi connectivity index (χ4v) is 1.84. The first kappa shape index (κ1) is 27.0. The fraction of sp³-hybridized carbons (Fsp3) is 0.882. The summed E-state index contributed by atoms with van der Waals surface area (Å²) in [6, 6.07) is 0. The Bertz CT molecular complexity index is 379. The van der Waals surface area contributed by atoms with Gasteiger partial charge in [-0.05, 0) is 7.05 Å². The molecule has 0 aliphatic rings. The van der Waals surface area contributed by atoms with Crippen LogP contribution in [0.3, 0.4) is 0 Å². The summed E-state index contributed by atoms with van der Waals surface area (Å²) in [7, 11) is 1.87. The van der Waals surface area contributed by atoms with Gasteiger partial charge in [0.25, 0.3) is 0 Å². The number of rotatable bonds is 21. The van der Waals surface area contributed by atoms with Gasteiger partial charge >= 0.3 is 0 Å². The van der Waals surface area contributed by atoms with Crippen LogP contribution >= 0.6 is 12.6 Å². The summed E-state index contributed by atoms with van der Waals surface area (Å²) >= 11 is 3.99. The molecule has 0 bridgehead atoms. The smallest absolute Gasteiger partial charge is 0.246 e. The van der Waals surface area contributed by atoms with Crippen molar-refractivity contribution in [1.29, 1.82) is 0 Å². The largest absolute Gasteiger partial charge is 0.378 e. The van der Waals surface area contributed by atoms with E-state index in [4.69, 9.17) is 23.7 Å². The molecule has 2 amide bonds.